The van der Waals surface area contributed by atoms with Crippen molar-refractivity contribution in [3.63, 3.8) is 0 Å². The first-order valence-electron chi connectivity index (χ1n) is 10.5. The topological polar surface area (TPSA) is 109 Å². The number of allylic oxidation sites excluding steroid dienone is 1. The van der Waals surface area contributed by atoms with Crippen LogP contribution in [0.25, 0.3) is 0 Å². The Balaban J connectivity index is 2.37. The van der Waals surface area contributed by atoms with E-state index in [1.165, 1.54) is 12.2 Å². The Morgan fingerprint density at radius 2 is 1.26 bits per heavy atom. The number of rotatable bonds is 5. The summed E-state index contributed by atoms with van der Waals surface area (Å²) in [6.45, 7) is 19.5. The molecule has 0 aromatic carbocycles. The zero-order valence-corrected chi connectivity index (χ0v) is 22.4. The SMILES string of the molecule is CC(C)(C)OC(=O)/C=C\C(C[P+]1([O-])OC(C)(C)C(C)(C)O1)[P+]1([O-])OC(C)(C)C(C)(C)O1. The minimum absolute atomic E-state index is 0.261. The fraction of sp³-hybridized carbons (Fsp3) is 0.857. The highest BCUT2D eigenvalue weighted by molar-refractivity contribution is 7.64. The predicted octanol–water partition coefficient (Wildman–Crippen LogP) is 3.71. The highest BCUT2D eigenvalue weighted by Gasteiger charge is 2.67. The molecule has 8 nitrogen and oxygen atoms in total. The Labute approximate surface area is 187 Å². The van der Waals surface area contributed by atoms with Gasteiger partial charge in [-0.15, -0.1) is 0 Å². The van der Waals surface area contributed by atoms with E-state index < -0.39 is 55.5 Å². The molecule has 0 bridgehead atoms. The van der Waals surface area contributed by atoms with Gasteiger partial charge in [-0.05, 0) is 82.2 Å². The van der Waals surface area contributed by atoms with Gasteiger partial charge in [0.15, 0.2) is 11.8 Å². The molecular weight excluding hydrogens is 442 g/mol. The average Bonchev–Trinajstić information content (AvgIpc) is 2.74. The van der Waals surface area contributed by atoms with Crippen LogP contribution in [-0.4, -0.2) is 45.8 Å². The van der Waals surface area contributed by atoms with Gasteiger partial charge in [0.05, 0.1) is 0 Å². The summed E-state index contributed by atoms with van der Waals surface area (Å²) in [5, 5.41) is 0. The summed E-state index contributed by atoms with van der Waals surface area (Å²) in [5.74, 6) is -0.617. The third-order valence-corrected chi connectivity index (χ3v) is 11.2. The van der Waals surface area contributed by atoms with Gasteiger partial charge < -0.3 is 14.5 Å². The van der Waals surface area contributed by atoms with Crippen molar-refractivity contribution < 1.29 is 37.4 Å². The summed E-state index contributed by atoms with van der Waals surface area (Å²) < 4.78 is 28.8. The normalized spacial score (nSPS) is 28.5. The third kappa shape index (κ3) is 5.85. The number of esters is 1. The van der Waals surface area contributed by atoms with E-state index in [1.807, 2.05) is 0 Å². The molecule has 31 heavy (non-hydrogen) atoms. The fourth-order valence-electron chi connectivity index (χ4n) is 3.04. The van der Waals surface area contributed by atoms with Crippen molar-refractivity contribution in [2.24, 2.45) is 0 Å². The lowest BCUT2D eigenvalue weighted by atomic mass is 9.90. The van der Waals surface area contributed by atoms with Crippen LogP contribution >= 0.6 is 15.9 Å². The van der Waals surface area contributed by atoms with Crippen LogP contribution < -0.4 is 9.79 Å². The van der Waals surface area contributed by atoms with Gasteiger partial charge in [0, 0.05) is 6.08 Å². The number of carbonyl (C=O) groups is 1. The molecule has 0 aliphatic carbocycles. The van der Waals surface area contributed by atoms with Crippen LogP contribution in [0.2, 0.25) is 0 Å². The summed E-state index contributed by atoms with van der Waals surface area (Å²) in [4.78, 5) is 39.6. The molecule has 0 saturated carbocycles. The van der Waals surface area contributed by atoms with Gasteiger partial charge >= 0.3 is 5.97 Å². The van der Waals surface area contributed by atoms with Crippen molar-refractivity contribution in [2.75, 3.05) is 6.16 Å². The first kappa shape index (κ1) is 27.1. The molecule has 2 rings (SSSR count). The van der Waals surface area contributed by atoms with Gasteiger partial charge in [0.25, 0.3) is 0 Å². The van der Waals surface area contributed by atoms with E-state index in [0.717, 1.165) is 0 Å². The maximum atomic E-state index is 13.8. The third-order valence-electron chi connectivity index (χ3n) is 6.02. The molecule has 180 valence electrons. The second-order valence-electron chi connectivity index (χ2n) is 11.2. The van der Waals surface area contributed by atoms with E-state index in [-0.39, 0.29) is 6.16 Å². The fourth-order valence-corrected chi connectivity index (χ4v) is 9.35. The zero-order chi connectivity index (χ0) is 24.3. The van der Waals surface area contributed by atoms with Gasteiger partial charge in [-0.25, -0.2) is 22.9 Å². The van der Waals surface area contributed by atoms with E-state index in [9.17, 15) is 14.6 Å². The summed E-state index contributed by atoms with van der Waals surface area (Å²) in [6, 6.07) is 0. The first-order chi connectivity index (χ1) is 13.5. The van der Waals surface area contributed by atoms with Gasteiger partial charge in [-0.2, -0.15) is 0 Å². The Hall–Kier alpha value is -0.170. The minimum Gasteiger partial charge on any atom is -0.631 e. The summed E-state index contributed by atoms with van der Waals surface area (Å²) in [7, 11) is -7.52. The molecule has 2 aliphatic rings. The summed E-state index contributed by atoms with van der Waals surface area (Å²) in [6.07, 6.45) is 2.28. The Kier molecular flexibility index (Phi) is 6.95. The quantitative estimate of drug-likeness (QED) is 0.333. The highest BCUT2D eigenvalue weighted by atomic mass is 31.2. The van der Waals surface area contributed by atoms with Crippen LogP contribution in [-0.2, 0) is 27.6 Å². The number of ether oxygens (including phenoxy) is 1. The maximum absolute atomic E-state index is 13.8. The van der Waals surface area contributed by atoms with Crippen molar-refractivity contribution in [3.05, 3.63) is 12.2 Å². The van der Waals surface area contributed by atoms with Crippen LogP contribution in [0.15, 0.2) is 12.2 Å². The molecule has 2 saturated heterocycles. The van der Waals surface area contributed by atoms with Crippen LogP contribution in [0.4, 0.5) is 0 Å². The number of hydrogen-bond donors (Lipinski definition) is 0. The van der Waals surface area contributed by atoms with Crippen LogP contribution in [0.1, 0.15) is 76.2 Å². The van der Waals surface area contributed by atoms with E-state index in [1.54, 1.807) is 76.2 Å². The van der Waals surface area contributed by atoms with E-state index in [4.69, 9.17) is 22.8 Å². The van der Waals surface area contributed by atoms with Crippen LogP contribution in [0, 0.1) is 0 Å². The molecule has 0 aromatic rings. The van der Waals surface area contributed by atoms with E-state index in [2.05, 4.69) is 0 Å². The molecule has 2 aliphatic heterocycles. The molecule has 10 heteroatoms. The average molecular weight is 480 g/mol. The van der Waals surface area contributed by atoms with Crippen LogP contribution in [0.3, 0.4) is 0 Å². The standard InChI is InChI=1S/C21H38O8P2/c1-17(2,3)25-16(22)13-12-15(31(24)28-20(8,9)21(10,11)29-31)14-30(23)26-18(4,5)19(6,7)27-30/h12-13,15H,14H2,1-11H3/b13-12-. The molecule has 0 amide bonds. The summed E-state index contributed by atoms with van der Waals surface area (Å²) >= 11 is 0. The lowest BCUT2D eigenvalue weighted by molar-refractivity contribution is -0.219. The predicted molar refractivity (Wildman–Crippen MR) is 118 cm³/mol. The maximum Gasteiger partial charge on any atom is 0.331 e. The van der Waals surface area contributed by atoms with Crippen molar-refractivity contribution in [1.82, 2.24) is 0 Å². The molecule has 0 aromatic heterocycles. The largest absolute Gasteiger partial charge is 0.631 e. The smallest absolute Gasteiger partial charge is 0.331 e. The van der Waals surface area contributed by atoms with Crippen molar-refractivity contribution in [2.45, 2.75) is 110 Å². The molecule has 2 heterocycles. The Morgan fingerprint density at radius 3 is 1.65 bits per heavy atom. The van der Waals surface area contributed by atoms with Gasteiger partial charge in [-0.3, -0.25) is 0 Å². The monoisotopic (exact) mass is 480 g/mol. The Morgan fingerprint density at radius 1 is 0.871 bits per heavy atom. The lowest BCUT2D eigenvalue weighted by Gasteiger charge is -2.32. The minimum atomic E-state index is -3.84. The zero-order valence-electron chi connectivity index (χ0n) is 20.6. The number of carbonyl (C=O) groups excluding carboxylic acids is 1. The second kappa shape index (κ2) is 7.95. The second-order valence-corrected chi connectivity index (χ2v) is 15.3. The Bertz CT molecular complexity index is 704. The van der Waals surface area contributed by atoms with Gasteiger partial charge in [-0.1, -0.05) is 0 Å². The molecule has 2 fully saturated rings. The molecule has 0 N–H and O–H groups in total. The van der Waals surface area contributed by atoms with Crippen molar-refractivity contribution in [3.8, 4) is 0 Å². The number of hydrogen-bond acceptors (Lipinski definition) is 8. The molecule has 0 radical (unpaired) electrons. The highest BCUT2D eigenvalue weighted by Crippen LogP contribution is 2.75. The molecule has 1 atom stereocenters. The molecular formula is C21H38O8P2. The lowest BCUT2D eigenvalue weighted by Crippen LogP contribution is -2.41. The van der Waals surface area contributed by atoms with E-state index >= 15 is 0 Å². The van der Waals surface area contributed by atoms with Crippen molar-refractivity contribution >= 4 is 21.9 Å². The molecule has 0 spiro atoms. The molecule has 1 unspecified atom stereocenters. The summed E-state index contributed by atoms with van der Waals surface area (Å²) in [5.41, 5.74) is -5.12. The van der Waals surface area contributed by atoms with Gasteiger partial charge in [0.1, 0.15) is 28.0 Å². The van der Waals surface area contributed by atoms with Crippen LogP contribution in [0.5, 0.6) is 0 Å². The van der Waals surface area contributed by atoms with Gasteiger partial charge in [0.2, 0.25) is 15.9 Å². The van der Waals surface area contributed by atoms with Crippen molar-refractivity contribution in [1.29, 1.82) is 0 Å². The first-order valence-corrected chi connectivity index (χ1v) is 13.8. The van der Waals surface area contributed by atoms with E-state index in [0.29, 0.717) is 0 Å².